The van der Waals surface area contributed by atoms with Crippen LogP contribution in [-0.2, 0) is 25.3 Å². The summed E-state index contributed by atoms with van der Waals surface area (Å²) in [5.74, 6) is -2.55. The summed E-state index contributed by atoms with van der Waals surface area (Å²) in [5, 5.41) is -0.404. The molecule has 0 heterocycles. The first-order chi connectivity index (χ1) is 14.2. The Labute approximate surface area is 180 Å². The maximum absolute atomic E-state index is 14.5. The SMILES string of the molecule is O=S(=O)(CC1(c2cc(F)ccc2F)CC(NS(=O)(=O)C(F)(F)F)C1)C1=CCC(Cl)C=C1. The van der Waals surface area contributed by atoms with Gasteiger partial charge in [-0.15, -0.1) is 11.6 Å². The fourth-order valence-corrected chi connectivity index (χ4v) is 6.65. The standard InChI is InChI=1S/C18H17ClF5NO4S2/c19-11-1-4-14(5-2-11)30(26,27)10-17(15-7-12(20)3-6-16(15)21)8-13(9-17)25-31(28,29)18(22,23)24/h1,3-7,11,13,25H,2,8-10H2. The van der Waals surface area contributed by atoms with Gasteiger partial charge >= 0.3 is 15.5 Å². The van der Waals surface area contributed by atoms with Crippen molar-refractivity contribution in [2.24, 2.45) is 0 Å². The zero-order valence-corrected chi connectivity index (χ0v) is 18.1. The van der Waals surface area contributed by atoms with E-state index in [9.17, 15) is 38.8 Å². The van der Waals surface area contributed by atoms with Gasteiger partial charge in [-0.3, -0.25) is 0 Å². The zero-order valence-electron chi connectivity index (χ0n) is 15.7. The number of halogens is 6. The van der Waals surface area contributed by atoms with E-state index in [2.05, 4.69) is 0 Å². The smallest absolute Gasteiger partial charge is 0.224 e. The third kappa shape index (κ3) is 4.96. The molecule has 0 spiro atoms. The third-order valence-corrected chi connectivity index (χ3v) is 8.77. The second kappa shape index (κ2) is 8.13. The first kappa shape index (κ1) is 24.1. The molecule has 1 fully saturated rings. The number of hydrogen-bond acceptors (Lipinski definition) is 4. The summed E-state index contributed by atoms with van der Waals surface area (Å²) in [6.45, 7) is 0. The van der Waals surface area contributed by atoms with E-state index in [1.807, 2.05) is 0 Å². The summed E-state index contributed by atoms with van der Waals surface area (Å²) in [6.07, 6.45) is 3.39. The zero-order chi connectivity index (χ0) is 23.2. The maximum atomic E-state index is 14.5. The van der Waals surface area contributed by atoms with E-state index in [-0.39, 0.29) is 16.9 Å². The molecule has 31 heavy (non-hydrogen) atoms. The highest BCUT2D eigenvalue weighted by Gasteiger charge is 2.54. The first-order valence-corrected chi connectivity index (χ1v) is 12.5. The van der Waals surface area contributed by atoms with E-state index >= 15 is 0 Å². The minimum absolute atomic E-state index is 0.0973. The Morgan fingerprint density at radius 1 is 1.13 bits per heavy atom. The number of alkyl halides is 4. The second-order valence-electron chi connectivity index (χ2n) is 7.55. The van der Waals surface area contributed by atoms with Crippen molar-refractivity contribution >= 4 is 31.5 Å². The Bertz CT molecular complexity index is 1140. The van der Waals surface area contributed by atoms with Crippen molar-refractivity contribution in [2.45, 2.75) is 41.6 Å². The van der Waals surface area contributed by atoms with Crippen LogP contribution in [0.25, 0.3) is 0 Å². The van der Waals surface area contributed by atoms with Crippen LogP contribution < -0.4 is 4.72 Å². The van der Waals surface area contributed by atoms with E-state index in [1.54, 1.807) is 0 Å². The molecule has 1 saturated carbocycles. The number of allylic oxidation sites excluding steroid dienone is 3. The van der Waals surface area contributed by atoms with E-state index in [0.717, 1.165) is 18.2 Å². The molecule has 0 saturated heterocycles. The van der Waals surface area contributed by atoms with Gasteiger partial charge in [0.2, 0.25) is 0 Å². The predicted octanol–water partition coefficient (Wildman–Crippen LogP) is 3.67. The second-order valence-corrected chi connectivity index (χ2v) is 11.8. The third-order valence-electron chi connectivity index (χ3n) is 5.24. The monoisotopic (exact) mass is 505 g/mol. The van der Waals surface area contributed by atoms with Crippen molar-refractivity contribution in [3.8, 4) is 0 Å². The first-order valence-electron chi connectivity index (χ1n) is 8.95. The van der Waals surface area contributed by atoms with Crippen molar-refractivity contribution in [1.82, 2.24) is 4.72 Å². The van der Waals surface area contributed by atoms with Crippen LogP contribution in [0, 0.1) is 11.6 Å². The van der Waals surface area contributed by atoms with Gasteiger partial charge in [-0.25, -0.2) is 30.3 Å². The largest absolute Gasteiger partial charge is 0.511 e. The van der Waals surface area contributed by atoms with Gasteiger partial charge in [0.1, 0.15) is 11.6 Å². The molecule has 1 unspecified atom stereocenters. The summed E-state index contributed by atoms with van der Waals surface area (Å²) in [4.78, 5) is -0.0973. The van der Waals surface area contributed by atoms with Gasteiger partial charge in [-0.1, -0.05) is 12.2 Å². The molecule has 2 aliphatic rings. The molecule has 1 N–H and O–H groups in total. The van der Waals surface area contributed by atoms with Crippen molar-refractivity contribution in [2.75, 3.05) is 5.75 Å². The minimum atomic E-state index is -5.68. The minimum Gasteiger partial charge on any atom is -0.224 e. The molecule has 1 aromatic carbocycles. The van der Waals surface area contributed by atoms with E-state index in [4.69, 9.17) is 11.6 Å². The molecule has 5 nitrogen and oxygen atoms in total. The molecule has 2 aliphatic carbocycles. The van der Waals surface area contributed by atoms with Gasteiger partial charge in [0, 0.05) is 11.5 Å². The lowest BCUT2D eigenvalue weighted by Crippen LogP contribution is -2.58. The maximum Gasteiger partial charge on any atom is 0.511 e. The molecule has 1 aromatic rings. The number of rotatable bonds is 6. The highest BCUT2D eigenvalue weighted by atomic mass is 35.5. The summed E-state index contributed by atoms with van der Waals surface area (Å²) < 4.78 is 116. The number of sulfonamides is 1. The summed E-state index contributed by atoms with van der Waals surface area (Å²) in [5.41, 5.74) is -7.51. The molecule has 3 rings (SSSR count). The van der Waals surface area contributed by atoms with E-state index in [0.29, 0.717) is 0 Å². The fourth-order valence-electron chi connectivity index (χ4n) is 3.82. The molecular weight excluding hydrogens is 489 g/mol. The highest BCUT2D eigenvalue weighted by molar-refractivity contribution is 7.95. The Morgan fingerprint density at radius 2 is 1.77 bits per heavy atom. The fraction of sp³-hybridized carbons (Fsp3) is 0.444. The van der Waals surface area contributed by atoms with Crippen LogP contribution >= 0.6 is 11.6 Å². The van der Waals surface area contributed by atoms with Crippen LogP contribution in [0.1, 0.15) is 24.8 Å². The number of benzene rings is 1. The van der Waals surface area contributed by atoms with Crippen LogP contribution in [0.3, 0.4) is 0 Å². The van der Waals surface area contributed by atoms with Gasteiger partial charge in [0.05, 0.1) is 16.0 Å². The van der Waals surface area contributed by atoms with E-state index in [1.165, 1.54) is 23.0 Å². The molecule has 0 amide bonds. The average molecular weight is 506 g/mol. The van der Waals surface area contributed by atoms with Gasteiger partial charge in [-0.2, -0.15) is 13.2 Å². The van der Waals surface area contributed by atoms with Crippen LogP contribution in [0.5, 0.6) is 0 Å². The predicted molar refractivity (Wildman–Crippen MR) is 104 cm³/mol. The van der Waals surface area contributed by atoms with Crippen LogP contribution in [0.15, 0.2) is 41.3 Å². The molecule has 172 valence electrons. The lowest BCUT2D eigenvalue weighted by atomic mass is 9.63. The summed E-state index contributed by atoms with van der Waals surface area (Å²) in [6, 6.07) is 1.08. The molecule has 0 aromatic heterocycles. The summed E-state index contributed by atoms with van der Waals surface area (Å²) in [7, 11) is -9.75. The topological polar surface area (TPSA) is 80.3 Å². The number of hydrogen-bond donors (Lipinski definition) is 1. The molecular formula is C18H17ClF5NO4S2. The molecule has 0 aliphatic heterocycles. The normalized spacial score (nSPS) is 27.0. The molecule has 1 atom stereocenters. The van der Waals surface area contributed by atoms with Crippen molar-refractivity contribution in [3.05, 3.63) is 58.5 Å². The Morgan fingerprint density at radius 3 is 2.32 bits per heavy atom. The lowest BCUT2D eigenvalue weighted by Gasteiger charge is -2.48. The van der Waals surface area contributed by atoms with Crippen LogP contribution in [-0.4, -0.2) is 39.5 Å². The van der Waals surface area contributed by atoms with Crippen LogP contribution in [0.2, 0.25) is 0 Å². The Balaban J connectivity index is 1.93. The quantitative estimate of drug-likeness (QED) is 0.472. The molecule has 13 heteroatoms. The average Bonchev–Trinajstić information content (AvgIpc) is 2.60. The van der Waals surface area contributed by atoms with Crippen LogP contribution in [0.4, 0.5) is 22.0 Å². The summed E-state index contributed by atoms with van der Waals surface area (Å²) >= 11 is 5.88. The van der Waals surface area contributed by atoms with Gasteiger partial charge in [0.15, 0.2) is 9.84 Å². The van der Waals surface area contributed by atoms with Crippen molar-refractivity contribution in [1.29, 1.82) is 0 Å². The molecule has 0 radical (unpaired) electrons. The lowest BCUT2D eigenvalue weighted by molar-refractivity contribution is -0.0457. The Kier molecular flexibility index (Phi) is 6.33. The highest BCUT2D eigenvalue weighted by Crippen LogP contribution is 2.47. The van der Waals surface area contributed by atoms with Gasteiger partial charge in [-0.05, 0) is 49.1 Å². The number of sulfone groups is 1. The Hall–Kier alpha value is -1.50. The van der Waals surface area contributed by atoms with Gasteiger partial charge in [0.25, 0.3) is 0 Å². The van der Waals surface area contributed by atoms with Crippen molar-refractivity contribution in [3.63, 3.8) is 0 Å². The molecule has 0 bridgehead atoms. The van der Waals surface area contributed by atoms with Gasteiger partial charge < -0.3 is 0 Å². The van der Waals surface area contributed by atoms with E-state index < -0.39 is 72.4 Å². The number of nitrogens with one attached hydrogen (secondary N) is 1. The van der Waals surface area contributed by atoms with Crippen molar-refractivity contribution < 1.29 is 38.8 Å².